The van der Waals surface area contributed by atoms with Gasteiger partial charge >= 0.3 is 0 Å². The molecule has 2 N–H and O–H groups in total. The van der Waals surface area contributed by atoms with Crippen molar-refractivity contribution in [2.75, 3.05) is 13.6 Å². The van der Waals surface area contributed by atoms with Gasteiger partial charge in [-0.2, -0.15) is 0 Å². The monoisotopic (exact) mass is 221 g/mol. The molecule has 1 aromatic rings. The van der Waals surface area contributed by atoms with Gasteiger partial charge in [0.05, 0.1) is 0 Å². The molecule has 0 radical (unpaired) electrons. The summed E-state index contributed by atoms with van der Waals surface area (Å²) in [6.45, 7) is 6.06. The third kappa shape index (κ3) is 2.80. The van der Waals surface area contributed by atoms with Crippen LogP contribution in [0.15, 0.2) is 24.5 Å². The Labute approximate surface area is 98.7 Å². The van der Waals surface area contributed by atoms with Gasteiger partial charge in [0.1, 0.15) is 0 Å². The minimum atomic E-state index is 0.128. The highest BCUT2D eigenvalue weighted by atomic mass is 15.2. The quantitative estimate of drug-likeness (QED) is 0.799. The number of pyridine rings is 1. The topological polar surface area (TPSA) is 42.1 Å². The molecule has 0 saturated heterocycles. The zero-order valence-corrected chi connectivity index (χ0v) is 10.6. The summed E-state index contributed by atoms with van der Waals surface area (Å²) in [5.41, 5.74) is 7.35. The van der Waals surface area contributed by atoms with Crippen LogP contribution in [0, 0.1) is 0 Å². The van der Waals surface area contributed by atoms with E-state index in [1.807, 2.05) is 12.4 Å². The molecule has 3 heteroatoms. The second-order valence-corrected chi connectivity index (χ2v) is 4.35. The molecule has 1 rings (SSSR count). The van der Waals surface area contributed by atoms with E-state index >= 15 is 0 Å². The minimum Gasteiger partial charge on any atom is -0.329 e. The summed E-state index contributed by atoms with van der Waals surface area (Å²) in [7, 11) is 2.15. The zero-order valence-electron chi connectivity index (χ0n) is 10.6. The van der Waals surface area contributed by atoms with Crippen molar-refractivity contribution in [3.8, 4) is 0 Å². The predicted octanol–water partition coefficient (Wildman–Crippen LogP) is 2.03. The Hall–Kier alpha value is -0.930. The van der Waals surface area contributed by atoms with Gasteiger partial charge in [0, 0.05) is 31.0 Å². The Morgan fingerprint density at radius 1 is 1.25 bits per heavy atom. The molecule has 0 aromatic carbocycles. The summed E-state index contributed by atoms with van der Waals surface area (Å²) < 4.78 is 0. The molecular weight excluding hydrogens is 198 g/mol. The van der Waals surface area contributed by atoms with Crippen molar-refractivity contribution in [1.82, 2.24) is 9.88 Å². The first-order chi connectivity index (χ1) is 7.68. The second kappa shape index (κ2) is 5.97. The highest BCUT2D eigenvalue weighted by Crippen LogP contribution is 2.23. The van der Waals surface area contributed by atoms with Crippen molar-refractivity contribution in [1.29, 1.82) is 0 Å². The molecule has 0 bridgehead atoms. The van der Waals surface area contributed by atoms with Crippen molar-refractivity contribution in [3.63, 3.8) is 0 Å². The highest BCUT2D eigenvalue weighted by Gasteiger charge is 2.28. The fraction of sp³-hybridized carbons (Fsp3) is 0.615. The normalized spacial score (nSPS) is 12.1. The van der Waals surface area contributed by atoms with Crippen molar-refractivity contribution >= 4 is 0 Å². The van der Waals surface area contributed by atoms with Crippen molar-refractivity contribution in [3.05, 3.63) is 30.1 Å². The summed E-state index contributed by atoms with van der Waals surface area (Å²) in [6, 6.07) is 4.12. The fourth-order valence-electron chi connectivity index (χ4n) is 2.16. The summed E-state index contributed by atoms with van der Waals surface area (Å²) in [5.74, 6) is 0. The SMILES string of the molecule is CCC(CC)(CN)N(C)Cc1ccncc1. The molecule has 0 fully saturated rings. The van der Waals surface area contributed by atoms with Crippen molar-refractivity contribution in [2.45, 2.75) is 38.8 Å². The molecular formula is C13H23N3. The van der Waals surface area contributed by atoms with Gasteiger partial charge in [0.15, 0.2) is 0 Å². The Bertz CT molecular complexity index is 285. The van der Waals surface area contributed by atoms with Crippen LogP contribution in [0.5, 0.6) is 0 Å². The molecule has 3 nitrogen and oxygen atoms in total. The van der Waals surface area contributed by atoms with E-state index in [0.717, 1.165) is 19.4 Å². The average Bonchev–Trinajstić information content (AvgIpc) is 2.33. The zero-order chi connectivity index (χ0) is 12.0. The Balaban J connectivity index is 2.73. The van der Waals surface area contributed by atoms with Crippen LogP contribution in [0.4, 0.5) is 0 Å². The number of nitrogens with two attached hydrogens (primary N) is 1. The van der Waals surface area contributed by atoms with E-state index in [1.165, 1.54) is 5.56 Å². The summed E-state index contributed by atoms with van der Waals surface area (Å²) >= 11 is 0. The van der Waals surface area contributed by atoms with Gasteiger partial charge in [-0.3, -0.25) is 9.88 Å². The van der Waals surface area contributed by atoms with Gasteiger partial charge in [-0.15, -0.1) is 0 Å². The van der Waals surface area contributed by atoms with E-state index in [2.05, 4.69) is 42.9 Å². The molecule has 0 aliphatic carbocycles. The van der Waals surface area contributed by atoms with Crippen LogP contribution in [0.2, 0.25) is 0 Å². The van der Waals surface area contributed by atoms with Crippen LogP contribution < -0.4 is 5.73 Å². The molecule has 1 aromatic heterocycles. The maximum Gasteiger partial charge on any atom is 0.0327 e. The summed E-state index contributed by atoms with van der Waals surface area (Å²) in [4.78, 5) is 6.40. The van der Waals surface area contributed by atoms with Gasteiger partial charge in [0.25, 0.3) is 0 Å². The largest absolute Gasteiger partial charge is 0.329 e. The third-order valence-electron chi connectivity index (χ3n) is 3.68. The Morgan fingerprint density at radius 3 is 2.25 bits per heavy atom. The first kappa shape index (κ1) is 13.1. The van der Waals surface area contributed by atoms with E-state index in [9.17, 15) is 0 Å². The molecule has 0 amide bonds. The molecule has 1 heterocycles. The predicted molar refractivity (Wildman–Crippen MR) is 68.1 cm³/mol. The molecule has 0 saturated carbocycles. The van der Waals surface area contributed by atoms with Gasteiger partial charge in [-0.25, -0.2) is 0 Å². The van der Waals surface area contributed by atoms with Gasteiger partial charge in [-0.05, 0) is 37.6 Å². The van der Waals surface area contributed by atoms with Gasteiger partial charge in [-0.1, -0.05) is 13.8 Å². The lowest BCUT2D eigenvalue weighted by atomic mass is 9.90. The number of hydrogen-bond acceptors (Lipinski definition) is 3. The van der Waals surface area contributed by atoms with Crippen LogP contribution in [0.25, 0.3) is 0 Å². The molecule has 0 aliphatic heterocycles. The van der Waals surface area contributed by atoms with Crippen LogP contribution >= 0.6 is 0 Å². The summed E-state index contributed by atoms with van der Waals surface area (Å²) in [5, 5.41) is 0. The smallest absolute Gasteiger partial charge is 0.0327 e. The Morgan fingerprint density at radius 2 is 1.81 bits per heavy atom. The number of rotatable bonds is 6. The fourth-order valence-corrected chi connectivity index (χ4v) is 2.16. The standard InChI is InChI=1S/C13H23N3/c1-4-13(5-2,11-14)16(3)10-12-6-8-15-9-7-12/h6-9H,4-5,10-11,14H2,1-3H3. The third-order valence-corrected chi connectivity index (χ3v) is 3.68. The van der Waals surface area contributed by atoms with Crippen LogP contribution in [0.1, 0.15) is 32.3 Å². The van der Waals surface area contributed by atoms with Crippen molar-refractivity contribution < 1.29 is 0 Å². The van der Waals surface area contributed by atoms with Crippen LogP contribution in [-0.2, 0) is 6.54 Å². The first-order valence-electron chi connectivity index (χ1n) is 5.98. The van der Waals surface area contributed by atoms with Crippen molar-refractivity contribution in [2.24, 2.45) is 5.73 Å². The second-order valence-electron chi connectivity index (χ2n) is 4.35. The number of likely N-dealkylation sites (N-methyl/N-ethyl adjacent to an activating group) is 1. The molecule has 0 spiro atoms. The van der Waals surface area contributed by atoms with E-state index in [0.29, 0.717) is 6.54 Å². The lowest BCUT2D eigenvalue weighted by molar-refractivity contribution is 0.108. The number of hydrogen-bond donors (Lipinski definition) is 1. The van der Waals surface area contributed by atoms with E-state index in [-0.39, 0.29) is 5.54 Å². The maximum atomic E-state index is 5.93. The van der Waals surface area contributed by atoms with Gasteiger partial charge in [0.2, 0.25) is 0 Å². The molecule has 0 atom stereocenters. The molecule has 0 unspecified atom stereocenters. The lowest BCUT2D eigenvalue weighted by Crippen LogP contribution is -2.50. The first-order valence-corrected chi connectivity index (χ1v) is 5.98. The van der Waals surface area contributed by atoms with E-state index in [1.54, 1.807) is 0 Å². The number of nitrogens with zero attached hydrogens (tertiary/aromatic N) is 2. The molecule has 90 valence electrons. The minimum absolute atomic E-state index is 0.128. The number of aromatic nitrogens is 1. The summed E-state index contributed by atoms with van der Waals surface area (Å²) in [6.07, 6.45) is 5.85. The molecule has 0 aliphatic rings. The van der Waals surface area contributed by atoms with E-state index in [4.69, 9.17) is 5.73 Å². The lowest BCUT2D eigenvalue weighted by Gasteiger charge is -2.40. The van der Waals surface area contributed by atoms with Gasteiger partial charge < -0.3 is 5.73 Å². The Kier molecular flexibility index (Phi) is 4.90. The average molecular weight is 221 g/mol. The van der Waals surface area contributed by atoms with Crippen LogP contribution in [-0.4, -0.2) is 29.0 Å². The molecule has 16 heavy (non-hydrogen) atoms. The van der Waals surface area contributed by atoms with Crippen LogP contribution in [0.3, 0.4) is 0 Å². The highest BCUT2D eigenvalue weighted by molar-refractivity contribution is 5.10. The van der Waals surface area contributed by atoms with E-state index < -0.39 is 0 Å². The maximum absolute atomic E-state index is 5.93.